The molecule has 3 rings (SSSR count). The summed E-state index contributed by atoms with van der Waals surface area (Å²) in [4.78, 5) is 41.6. The fourth-order valence-electron chi connectivity index (χ4n) is 5.80. The fourth-order valence-corrected chi connectivity index (χ4v) is 5.80. The van der Waals surface area contributed by atoms with E-state index in [1.54, 1.807) is 11.9 Å². The van der Waals surface area contributed by atoms with E-state index in [0.717, 1.165) is 50.5 Å². The van der Waals surface area contributed by atoms with Gasteiger partial charge in [0.15, 0.2) is 0 Å². The minimum atomic E-state index is -0.710. The summed E-state index contributed by atoms with van der Waals surface area (Å²) >= 11 is 0. The highest BCUT2D eigenvalue weighted by atomic mass is 16.2. The number of nitrogens with zero attached hydrogens (tertiary/aromatic N) is 1. The smallest absolute Gasteiger partial charge is 0.245 e. The summed E-state index contributed by atoms with van der Waals surface area (Å²) in [5, 5.41) is 5.94. The second-order valence-corrected chi connectivity index (χ2v) is 10.7. The molecule has 3 amide bonds. The Labute approximate surface area is 210 Å². The SMILES string of the molecule is CCNC(=O)[C@@H](CC(C)C)N(C)C(=O)[C@H](NC(=O)[C@H](N)C1CCc2ccccc21)C1CCCCC1. The van der Waals surface area contributed by atoms with Crippen molar-refractivity contribution in [2.45, 2.75) is 96.2 Å². The van der Waals surface area contributed by atoms with Crippen LogP contribution in [-0.2, 0) is 20.8 Å². The lowest BCUT2D eigenvalue weighted by Crippen LogP contribution is -2.59. The van der Waals surface area contributed by atoms with E-state index in [4.69, 9.17) is 5.73 Å². The minimum absolute atomic E-state index is 0.0462. The van der Waals surface area contributed by atoms with Gasteiger partial charge in [-0.25, -0.2) is 0 Å². The molecule has 7 nitrogen and oxygen atoms in total. The standard InChI is InChI=1S/C28H44N4O3/c1-5-30-26(33)23(17-18(2)3)32(4)28(35)25(20-12-7-6-8-13-20)31-27(34)24(29)22-16-15-19-11-9-10-14-21(19)22/h9-11,14,18,20,22-25H,5-8,12-13,15-17,29H2,1-4H3,(H,30,33)(H,31,34)/t22?,23-,24-,25-/m1/s1. The summed E-state index contributed by atoms with van der Waals surface area (Å²) in [6.07, 6.45) is 7.34. The summed E-state index contributed by atoms with van der Waals surface area (Å²) in [7, 11) is 1.69. The molecule has 7 heteroatoms. The molecule has 1 aromatic carbocycles. The molecular weight excluding hydrogens is 440 g/mol. The maximum atomic E-state index is 13.8. The zero-order valence-corrected chi connectivity index (χ0v) is 21.9. The molecule has 0 radical (unpaired) electrons. The van der Waals surface area contributed by atoms with Crippen molar-refractivity contribution in [3.05, 3.63) is 35.4 Å². The number of hydrogen-bond donors (Lipinski definition) is 3. The van der Waals surface area contributed by atoms with Crippen LogP contribution in [0.1, 0.15) is 82.8 Å². The van der Waals surface area contributed by atoms with Crippen LogP contribution in [0.4, 0.5) is 0 Å². The molecule has 1 saturated carbocycles. The number of benzene rings is 1. The first kappa shape index (κ1) is 27.2. The van der Waals surface area contributed by atoms with Crippen molar-refractivity contribution in [2.75, 3.05) is 13.6 Å². The molecular formula is C28H44N4O3. The van der Waals surface area contributed by atoms with Crippen molar-refractivity contribution in [1.82, 2.24) is 15.5 Å². The van der Waals surface area contributed by atoms with Gasteiger partial charge in [0.25, 0.3) is 0 Å². The lowest BCUT2D eigenvalue weighted by Gasteiger charge is -2.36. The van der Waals surface area contributed by atoms with E-state index >= 15 is 0 Å². The van der Waals surface area contributed by atoms with Crippen LogP contribution in [0, 0.1) is 11.8 Å². The second kappa shape index (κ2) is 12.5. The zero-order chi connectivity index (χ0) is 25.5. The van der Waals surface area contributed by atoms with Crippen molar-refractivity contribution in [3.8, 4) is 0 Å². The third kappa shape index (κ3) is 6.63. The van der Waals surface area contributed by atoms with E-state index in [1.165, 1.54) is 5.56 Å². The van der Waals surface area contributed by atoms with Crippen LogP contribution in [-0.4, -0.2) is 54.3 Å². The van der Waals surface area contributed by atoms with Crippen molar-refractivity contribution in [2.24, 2.45) is 17.6 Å². The first-order valence-corrected chi connectivity index (χ1v) is 13.4. The van der Waals surface area contributed by atoms with E-state index in [2.05, 4.69) is 22.8 Å². The summed E-state index contributed by atoms with van der Waals surface area (Å²) in [6.45, 7) is 6.47. The first-order valence-electron chi connectivity index (χ1n) is 13.4. The van der Waals surface area contributed by atoms with Crippen molar-refractivity contribution in [1.29, 1.82) is 0 Å². The Bertz CT molecular complexity index is 881. The average Bonchev–Trinajstić information content (AvgIpc) is 3.29. The van der Waals surface area contributed by atoms with E-state index in [1.807, 2.05) is 32.9 Å². The third-order valence-electron chi connectivity index (χ3n) is 7.76. The Morgan fingerprint density at radius 2 is 1.74 bits per heavy atom. The molecule has 194 valence electrons. The number of likely N-dealkylation sites (N-methyl/N-ethyl adjacent to an activating group) is 2. The van der Waals surface area contributed by atoms with Crippen LogP contribution >= 0.6 is 0 Å². The summed E-state index contributed by atoms with van der Waals surface area (Å²) in [6, 6.07) is 6.21. The van der Waals surface area contributed by atoms with Gasteiger partial charge in [-0.3, -0.25) is 14.4 Å². The number of rotatable bonds is 10. The molecule has 0 saturated heterocycles. The zero-order valence-electron chi connectivity index (χ0n) is 21.9. The van der Waals surface area contributed by atoms with Crippen molar-refractivity contribution < 1.29 is 14.4 Å². The van der Waals surface area contributed by atoms with Gasteiger partial charge in [-0.1, -0.05) is 57.4 Å². The molecule has 2 aliphatic carbocycles. The minimum Gasteiger partial charge on any atom is -0.355 e. The number of nitrogens with one attached hydrogen (secondary N) is 2. The van der Waals surface area contributed by atoms with Crippen LogP contribution in [0.3, 0.4) is 0 Å². The Morgan fingerprint density at radius 1 is 1.06 bits per heavy atom. The number of fused-ring (bicyclic) bond motifs is 1. The summed E-state index contributed by atoms with van der Waals surface area (Å²) in [5.74, 6) is -0.361. The fraction of sp³-hybridized carbons (Fsp3) is 0.679. The van der Waals surface area contributed by atoms with Crippen LogP contribution < -0.4 is 16.4 Å². The average molecular weight is 485 g/mol. The van der Waals surface area contributed by atoms with Gasteiger partial charge in [0.1, 0.15) is 12.1 Å². The molecule has 4 N–H and O–H groups in total. The largest absolute Gasteiger partial charge is 0.355 e. The van der Waals surface area contributed by atoms with E-state index < -0.39 is 18.1 Å². The van der Waals surface area contributed by atoms with Crippen LogP contribution in [0.25, 0.3) is 0 Å². The highest BCUT2D eigenvalue weighted by Gasteiger charge is 2.39. The van der Waals surface area contributed by atoms with Crippen molar-refractivity contribution in [3.63, 3.8) is 0 Å². The molecule has 2 aliphatic rings. The molecule has 1 unspecified atom stereocenters. The van der Waals surface area contributed by atoms with Gasteiger partial charge in [0.2, 0.25) is 17.7 Å². The van der Waals surface area contributed by atoms with Crippen LogP contribution in [0.15, 0.2) is 24.3 Å². The van der Waals surface area contributed by atoms with Crippen LogP contribution in [0.5, 0.6) is 0 Å². The number of carbonyl (C=O) groups is 3. The predicted molar refractivity (Wildman–Crippen MR) is 139 cm³/mol. The number of aryl methyl sites for hydroxylation is 1. The molecule has 0 spiro atoms. The number of amides is 3. The van der Waals surface area contributed by atoms with Gasteiger partial charge >= 0.3 is 0 Å². The van der Waals surface area contributed by atoms with Gasteiger partial charge in [0, 0.05) is 19.5 Å². The Morgan fingerprint density at radius 3 is 2.40 bits per heavy atom. The molecule has 1 aromatic rings. The highest BCUT2D eigenvalue weighted by Crippen LogP contribution is 2.35. The normalized spacial score (nSPS) is 20.6. The van der Waals surface area contributed by atoms with Gasteiger partial charge in [-0.15, -0.1) is 0 Å². The lowest BCUT2D eigenvalue weighted by molar-refractivity contribution is -0.144. The van der Waals surface area contributed by atoms with Crippen LogP contribution in [0.2, 0.25) is 0 Å². The molecule has 0 aliphatic heterocycles. The number of carbonyl (C=O) groups excluding carboxylic acids is 3. The number of hydrogen-bond acceptors (Lipinski definition) is 4. The predicted octanol–water partition coefficient (Wildman–Crippen LogP) is 3.12. The van der Waals surface area contributed by atoms with E-state index in [9.17, 15) is 14.4 Å². The topological polar surface area (TPSA) is 105 Å². The van der Waals surface area contributed by atoms with Gasteiger partial charge in [-0.05, 0) is 62.0 Å². The van der Waals surface area contributed by atoms with Gasteiger partial charge in [0.05, 0.1) is 6.04 Å². The quantitative estimate of drug-likeness (QED) is 0.475. The molecule has 1 fully saturated rings. The van der Waals surface area contributed by atoms with E-state index in [-0.39, 0.29) is 35.5 Å². The second-order valence-electron chi connectivity index (χ2n) is 10.7. The first-order chi connectivity index (χ1) is 16.7. The highest BCUT2D eigenvalue weighted by molar-refractivity contribution is 5.93. The summed E-state index contributed by atoms with van der Waals surface area (Å²) in [5.41, 5.74) is 8.89. The molecule has 4 atom stereocenters. The van der Waals surface area contributed by atoms with Crippen molar-refractivity contribution >= 4 is 17.7 Å². The molecule has 0 heterocycles. The third-order valence-corrected chi connectivity index (χ3v) is 7.76. The van der Waals surface area contributed by atoms with Gasteiger partial charge < -0.3 is 21.3 Å². The number of nitrogens with two attached hydrogens (primary N) is 1. The van der Waals surface area contributed by atoms with Gasteiger partial charge in [-0.2, -0.15) is 0 Å². The summed E-state index contributed by atoms with van der Waals surface area (Å²) < 4.78 is 0. The van der Waals surface area contributed by atoms with E-state index in [0.29, 0.717) is 13.0 Å². The monoisotopic (exact) mass is 484 g/mol. The Kier molecular flexibility index (Phi) is 9.72. The maximum Gasteiger partial charge on any atom is 0.245 e. The maximum absolute atomic E-state index is 13.8. The molecule has 0 aromatic heterocycles. The molecule has 35 heavy (non-hydrogen) atoms. The Balaban J connectivity index is 1.79. The Hall–Kier alpha value is -2.41. The molecule has 0 bridgehead atoms. The lowest BCUT2D eigenvalue weighted by atomic mass is 9.82.